The number of hydrogen-bond donors (Lipinski definition) is 1. The van der Waals surface area contributed by atoms with Crippen molar-refractivity contribution in [2.24, 2.45) is 0 Å². The monoisotopic (exact) mass is 292 g/mol. The number of hydrogen-bond acceptors (Lipinski definition) is 4. The second kappa shape index (κ2) is 4.99. The van der Waals surface area contributed by atoms with Crippen molar-refractivity contribution in [2.75, 3.05) is 7.05 Å². The molecule has 2 aromatic rings. The maximum Gasteiger partial charge on any atom is 0.434 e. The van der Waals surface area contributed by atoms with Crippen molar-refractivity contribution in [3.8, 4) is 10.6 Å². The van der Waals surface area contributed by atoms with Crippen LogP contribution < -0.4 is 5.32 Å². The molecule has 0 bridgehead atoms. The van der Waals surface area contributed by atoms with Gasteiger partial charge in [0.25, 0.3) is 0 Å². The second-order valence-corrected chi connectivity index (χ2v) is 5.61. The molecule has 0 saturated heterocycles. The second-order valence-electron chi connectivity index (χ2n) is 3.79. The van der Waals surface area contributed by atoms with Gasteiger partial charge in [-0.05, 0) is 24.9 Å². The van der Waals surface area contributed by atoms with Crippen molar-refractivity contribution < 1.29 is 13.2 Å². The van der Waals surface area contributed by atoms with Crippen LogP contribution in [0.15, 0.2) is 10.8 Å². The van der Waals surface area contributed by atoms with Gasteiger partial charge < -0.3 is 5.32 Å². The fraction of sp³-hybridized carbons (Fsp3) is 0.364. The molecule has 0 aliphatic heterocycles. The average Bonchev–Trinajstić information content (AvgIpc) is 2.83. The highest BCUT2D eigenvalue weighted by atomic mass is 32.1. The Morgan fingerprint density at radius 1 is 1.33 bits per heavy atom. The predicted octanol–water partition coefficient (Wildman–Crippen LogP) is 3.92. The van der Waals surface area contributed by atoms with Crippen LogP contribution in [0.4, 0.5) is 13.2 Å². The number of thiazole rings is 1. The Morgan fingerprint density at radius 3 is 2.56 bits per heavy atom. The van der Waals surface area contributed by atoms with E-state index in [1.165, 1.54) is 11.3 Å². The smallest absolute Gasteiger partial charge is 0.315 e. The van der Waals surface area contributed by atoms with Crippen molar-refractivity contribution in [3.05, 3.63) is 26.9 Å². The van der Waals surface area contributed by atoms with Gasteiger partial charge >= 0.3 is 6.18 Å². The Hall–Kier alpha value is -0.920. The van der Waals surface area contributed by atoms with Gasteiger partial charge in [-0.15, -0.1) is 11.3 Å². The summed E-state index contributed by atoms with van der Waals surface area (Å²) in [7, 11) is 1.62. The molecule has 2 nitrogen and oxygen atoms in total. The highest BCUT2D eigenvalue weighted by Gasteiger charge is 2.37. The van der Waals surface area contributed by atoms with Crippen molar-refractivity contribution in [2.45, 2.75) is 19.6 Å². The van der Waals surface area contributed by atoms with E-state index < -0.39 is 11.9 Å². The third kappa shape index (κ3) is 2.57. The van der Waals surface area contributed by atoms with Crippen LogP contribution in [0.25, 0.3) is 10.6 Å². The summed E-state index contributed by atoms with van der Waals surface area (Å²) >= 11 is 2.56. The minimum absolute atomic E-state index is 0.176. The molecule has 18 heavy (non-hydrogen) atoms. The highest BCUT2D eigenvalue weighted by molar-refractivity contribution is 7.15. The normalized spacial score (nSPS) is 12.1. The van der Waals surface area contributed by atoms with E-state index in [-0.39, 0.29) is 11.4 Å². The molecular formula is C11H11F3N2S2. The Balaban J connectivity index is 2.49. The van der Waals surface area contributed by atoms with Gasteiger partial charge in [0, 0.05) is 17.5 Å². The van der Waals surface area contributed by atoms with Crippen molar-refractivity contribution >= 4 is 22.7 Å². The summed E-state index contributed by atoms with van der Waals surface area (Å²) in [5, 5.41) is 6.91. The van der Waals surface area contributed by atoms with Gasteiger partial charge in [0.2, 0.25) is 0 Å². The van der Waals surface area contributed by atoms with Gasteiger partial charge in [-0.25, -0.2) is 4.98 Å². The number of halogens is 3. The van der Waals surface area contributed by atoms with Gasteiger partial charge in [0.15, 0.2) is 5.69 Å². The lowest BCUT2D eigenvalue weighted by Gasteiger charge is -2.04. The average molecular weight is 292 g/mol. The number of thiophene rings is 1. The molecule has 0 fully saturated rings. The van der Waals surface area contributed by atoms with Crippen LogP contribution in [-0.2, 0) is 12.7 Å². The quantitative estimate of drug-likeness (QED) is 0.927. The van der Waals surface area contributed by atoms with Crippen molar-refractivity contribution in [3.63, 3.8) is 0 Å². The third-order valence-electron chi connectivity index (χ3n) is 2.39. The molecule has 0 radical (unpaired) electrons. The number of nitrogens with zero attached hydrogens (tertiary/aromatic N) is 1. The van der Waals surface area contributed by atoms with Crippen LogP contribution in [0.2, 0.25) is 0 Å². The van der Waals surface area contributed by atoms with Gasteiger partial charge in [0.1, 0.15) is 5.01 Å². The zero-order chi connectivity index (χ0) is 13.3. The molecule has 0 unspecified atom stereocenters. The first-order valence-electron chi connectivity index (χ1n) is 5.18. The van der Waals surface area contributed by atoms with Crippen LogP contribution in [0, 0.1) is 6.92 Å². The minimum atomic E-state index is -4.40. The fourth-order valence-corrected chi connectivity index (χ4v) is 3.63. The number of alkyl halides is 3. The highest BCUT2D eigenvalue weighted by Crippen LogP contribution is 2.39. The molecule has 98 valence electrons. The molecule has 2 rings (SSSR count). The summed E-state index contributed by atoms with van der Waals surface area (Å²) in [4.78, 5) is 3.99. The first kappa shape index (κ1) is 13.5. The van der Waals surface area contributed by atoms with E-state index in [0.29, 0.717) is 5.01 Å². The summed E-state index contributed by atoms with van der Waals surface area (Å²) in [6, 6.07) is 0. The largest absolute Gasteiger partial charge is 0.434 e. The SMILES string of the molecule is CNCc1sc(-c2cscc2C)nc1C(F)(F)F. The van der Waals surface area contributed by atoms with E-state index in [0.717, 1.165) is 22.5 Å². The van der Waals surface area contributed by atoms with Crippen molar-refractivity contribution in [1.82, 2.24) is 10.3 Å². The lowest BCUT2D eigenvalue weighted by Crippen LogP contribution is -2.12. The summed E-state index contributed by atoms with van der Waals surface area (Å²) in [5.41, 5.74) is 0.971. The molecule has 0 aliphatic carbocycles. The third-order valence-corrected chi connectivity index (χ3v) is 4.34. The van der Waals surface area contributed by atoms with Crippen LogP contribution in [0.3, 0.4) is 0 Å². The number of aryl methyl sites for hydroxylation is 1. The molecule has 0 spiro atoms. The number of nitrogens with one attached hydrogen (secondary N) is 1. The molecule has 1 N–H and O–H groups in total. The standard InChI is InChI=1S/C11H11F3N2S2/c1-6-4-17-5-7(6)10-16-9(11(12,13)14)8(18-10)3-15-2/h4-5,15H,3H2,1-2H3. The zero-order valence-corrected chi connectivity index (χ0v) is 11.4. The summed E-state index contributed by atoms with van der Waals surface area (Å²) in [6.07, 6.45) is -4.40. The zero-order valence-electron chi connectivity index (χ0n) is 9.76. The van der Waals surface area contributed by atoms with E-state index in [4.69, 9.17) is 0 Å². The molecule has 2 aromatic heterocycles. The maximum atomic E-state index is 12.8. The summed E-state index contributed by atoms with van der Waals surface area (Å²) < 4.78 is 38.5. The van der Waals surface area contributed by atoms with Gasteiger partial charge in [-0.2, -0.15) is 24.5 Å². The minimum Gasteiger partial charge on any atom is -0.315 e. The molecule has 0 aromatic carbocycles. The van der Waals surface area contributed by atoms with Crippen LogP contribution in [-0.4, -0.2) is 12.0 Å². The van der Waals surface area contributed by atoms with Crippen LogP contribution in [0.1, 0.15) is 16.1 Å². The van der Waals surface area contributed by atoms with Crippen LogP contribution in [0.5, 0.6) is 0 Å². The van der Waals surface area contributed by atoms with Crippen molar-refractivity contribution in [1.29, 1.82) is 0 Å². The Morgan fingerprint density at radius 2 is 2.06 bits per heavy atom. The molecule has 0 amide bonds. The lowest BCUT2D eigenvalue weighted by atomic mass is 10.2. The van der Waals surface area contributed by atoms with Gasteiger partial charge in [-0.1, -0.05) is 0 Å². The first-order valence-corrected chi connectivity index (χ1v) is 6.94. The van der Waals surface area contributed by atoms with E-state index in [1.807, 2.05) is 17.7 Å². The Labute approximate surface area is 110 Å². The maximum absolute atomic E-state index is 12.8. The molecule has 2 heterocycles. The number of aromatic nitrogens is 1. The molecule has 7 heteroatoms. The number of rotatable bonds is 3. The molecule has 0 atom stereocenters. The predicted molar refractivity (Wildman–Crippen MR) is 67.9 cm³/mol. The molecule has 0 aliphatic rings. The summed E-state index contributed by atoms with van der Waals surface area (Å²) in [6.45, 7) is 2.05. The Bertz CT molecular complexity index is 543. The lowest BCUT2D eigenvalue weighted by molar-refractivity contribution is -0.141. The van der Waals surface area contributed by atoms with Gasteiger partial charge in [0.05, 0.1) is 4.88 Å². The Kier molecular flexibility index (Phi) is 3.74. The topological polar surface area (TPSA) is 24.9 Å². The molecular weight excluding hydrogens is 281 g/mol. The van der Waals surface area contributed by atoms with E-state index in [9.17, 15) is 13.2 Å². The fourth-order valence-electron chi connectivity index (χ4n) is 1.55. The van der Waals surface area contributed by atoms with Gasteiger partial charge in [-0.3, -0.25) is 0 Å². The molecule has 0 saturated carbocycles. The first-order chi connectivity index (χ1) is 8.43. The van der Waals surface area contributed by atoms with Crippen LogP contribution >= 0.6 is 22.7 Å². The van der Waals surface area contributed by atoms with E-state index >= 15 is 0 Å². The summed E-state index contributed by atoms with van der Waals surface area (Å²) in [5.74, 6) is 0. The van der Waals surface area contributed by atoms with E-state index in [1.54, 1.807) is 7.05 Å². The van der Waals surface area contributed by atoms with E-state index in [2.05, 4.69) is 10.3 Å².